The predicted octanol–water partition coefficient (Wildman–Crippen LogP) is 3.99. The van der Waals surface area contributed by atoms with E-state index in [9.17, 15) is 0 Å². The van der Waals surface area contributed by atoms with Crippen LogP contribution in [-0.2, 0) is 0 Å². The van der Waals surface area contributed by atoms with Gasteiger partial charge in [-0.15, -0.1) is 0 Å². The number of unbranched alkanes of at least 4 members (excludes halogenated alkanes) is 2. The maximum atomic E-state index is 5.69. The SMILES string of the molecule is CCCCNc1cc(OCCCC)nc(C(C)C)n1. The van der Waals surface area contributed by atoms with Gasteiger partial charge in [-0.05, 0) is 12.8 Å². The van der Waals surface area contributed by atoms with Crippen LogP contribution in [0, 0.1) is 0 Å². The van der Waals surface area contributed by atoms with Crippen molar-refractivity contribution in [1.29, 1.82) is 0 Å². The van der Waals surface area contributed by atoms with Crippen molar-refractivity contribution in [3.8, 4) is 5.88 Å². The third-order valence-corrected chi connectivity index (χ3v) is 2.82. The fourth-order valence-electron chi connectivity index (χ4n) is 1.58. The quantitative estimate of drug-likeness (QED) is 0.686. The van der Waals surface area contributed by atoms with E-state index in [1.165, 1.54) is 6.42 Å². The van der Waals surface area contributed by atoms with Gasteiger partial charge >= 0.3 is 0 Å². The Balaban J connectivity index is 2.72. The lowest BCUT2D eigenvalue weighted by Crippen LogP contribution is -2.09. The number of hydrogen-bond acceptors (Lipinski definition) is 4. The van der Waals surface area contributed by atoms with E-state index in [2.05, 4.69) is 43.0 Å². The van der Waals surface area contributed by atoms with E-state index in [0.717, 1.165) is 44.1 Å². The highest BCUT2D eigenvalue weighted by molar-refractivity contribution is 5.38. The van der Waals surface area contributed by atoms with Crippen LogP contribution in [0.1, 0.15) is 65.1 Å². The van der Waals surface area contributed by atoms with Crippen LogP contribution in [0.2, 0.25) is 0 Å². The van der Waals surface area contributed by atoms with Crippen LogP contribution in [0.15, 0.2) is 6.07 Å². The molecule has 0 aliphatic carbocycles. The minimum Gasteiger partial charge on any atom is -0.478 e. The Morgan fingerprint density at radius 3 is 2.53 bits per heavy atom. The van der Waals surface area contributed by atoms with Gasteiger partial charge in [-0.25, -0.2) is 4.98 Å². The molecule has 0 saturated heterocycles. The summed E-state index contributed by atoms with van der Waals surface area (Å²) in [5, 5.41) is 3.34. The molecular formula is C15H27N3O. The van der Waals surface area contributed by atoms with Gasteiger partial charge in [0.2, 0.25) is 5.88 Å². The molecule has 0 saturated carbocycles. The summed E-state index contributed by atoms with van der Waals surface area (Å²) in [6.45, 7) is 10.2. The highest BCUT2D eigenvalue weighted by atomic mass is 16.5. The Labute approximate surface area is 117 Å². The van der Waals surface area contributed by atoms with Crippen LogP contribution in [0.3, 0.4) is 0 Å². The minimum absolute atomic E-state index is 0.307. The molecule has 1 rings (SSSR count). The molecular weight excluding hydrogens is 238 g/mol. The van der Waals surface area contributed by atoms with Crippen molar-refractivity contribution in [3.63, 3.8) is 0 Å². The van der Waals surface area contributed by atoms with Gasteiger partial charge in [0.05, 0.1) is 6.61 Å². The Hall–Kier alpha value is -1.32. The number of rotatable bonds is 9. The summed E-state index contributed by atoms with van der Waals surface area (Å²) >= 11 is 0. The average Bonchev–Trinajstić information content (AvgIpc) is 2.39. The van der Waals surface area contributed by atoms with E-state index < -0.39 is 0 Å². The number of nitrogens with zero attached hydrogens (tertiary/aromatic N) is 2. The Kier molecular flexibility index (Phi) is 7.23. The van der Waals surface area contributed by atoms with Crippen LogP contribution in [0.5, 0.6) is 5.88 Å². The molecule has 4 nitrogen and oxygen atoms in total. The molecule has 0 unspecified atom stereocenters. The first-order chi connectivity index (χ1) is 9.17. The van der Waals surface area contributed by atoms with E-state index in [0.29, 0.717) is 11.8 Å². The third-order valence-electron chi connectivity index (χ3n) is 2.82. The number of hydrogen-bond donors (Lipinski definition) is 1. The fraction of sp³-hybridized carbons (Fsp3) is 0.733. The first-order valence-electron chi connectivity index (χ1n) is 7.43. The zero-order valence-corrected chi connectivity index (χ0v) is 12.7. The lowest BCUT2D eigenvalue weighted by Gasteiger charge is -2.12. The summed E-state index contributed by atoms with van der Waals surface area (Å²) in [5.41, 5.74) is 0. The topological polar surface area (TPSA) is 47.0 Å². The minimum atomic E-state index is 0.307. The maximum Gasteiger partial charge on any atom is 0.218 e. The van der Waals surface area contributed by atoms with Gasteiger partial charge in [-0.3, -0.25) is 0 Å². The molecule has 0 spiro atoms. The molecule has 0 aliphatic rings. The summed E-state index contributed by atoms with van der Waals surface area (Å²) in [6, 6.07) is 1.90. The van der Waals surface area contributed by atoms with Crippen molar-refractivity contribution >= 4 is 5.82 Å². The normalized spacial score (nSPS) is 10.8. The standard InChI is InChI=1S/C15H27N3O/c1-5-7-9-16-13-11-14(19-10-8-6-2)18-15(17-13)12(3)4/h11-12H,5-10H2,1-4H3,(H,16,17,18). The molecule has 0 amide bonds. The number of ether oxygens (including phenoxy) is 1. The molecule has 0 atom stereocenters. The third kappa shape index (κ3) is 5.90. The molecule has 1 aromatic rings. The van der Waals surface area contributed by atoms with E-state index in [1.807, 2.05) is 6.07 Å². The molecule has 1 heterocycles. The second-order valence-electron chi connectivity index (χ2n) is 5.09. The Bertz CT molecular complexity index is 338. The molecule has 0 radical (unpaired) electrons. The summed E-state index contributed by atoms with van der Waals surface area (Å²) in [7, 11) is 0. The zero-order chi connectivity index (χ0) is 14.1. The van der Waals surface area contributed by atoms with E-state index in [4.69, 9.17) is 4.74 Å². The van der Waals surface area contributed by atoms with Crippen LogP contribution < -0.4 is 10.1 Å². The second-order valence-corrected chi connectivity index (χ2v) is 5.09. The van der Waals surface area contributed by atoms with Gasteiger partial charge in [0.25, 0.3) is 0 Å². The molecule has 0 aromatic carbocycles. The molecule has 4 heteroatoms. The lowest BCUT2D eigenvalue weighted by atomic mass is 10.2. The van der Waals surface area contributed by atoms with Gasteiger partial charge in [-0.1, -0.05) is 40.5 Å². The molecule has 19 heavy (non-hydrogen) atoms. The average molecular weight is 265 g/mol. The van der Waals surface area contributed by atoms with Crippen molar-refractivity contribution in [2.24, 2.45) is 0 Å². The fourth-order valence-corrected chi connectivity index (χ4v) is 1.58. The molecule has 0 fully saturated rings. The van der Waals surface area contributed by atoms with Crippen molar-refractivity contribution < 1.29 is 4.74 Å². The van der Waals surface area contributed by atoms with E-state index in [-0.39, 0.29) is 0 Å². The smallest absolute Gasteiger partial charge is 0.218 e. The van der Waals surface area contributed by atoms with E-state index >= 15 is 0 Å². The molecule has 108 valence electrons. The van der Waals surface area contributed by atoms with Gasteiger partial charge < -0.3 is 10.1 Å². The maximum absolute atomic E-state index is 5.69. The predicted molar refractivity (Wildman–Crippen MR) is 79.9 cm³/mol. The van der Waals surface area contributed by atoms with E-state index in [1.54, 1.807) is 0 Å². The van der Waals surface area contributed by atoms with Crippen molar-refractivity contribution in [1.82, 2.24) is 9.97 Å². The van der Waals surface area contributed by atoms with Crippen molar-refractivity contribution in [2.75, 3.05) is 18.5 Å². The van der Waals surface area contributed by atoms with Gasteiger partial charge in [0.15, 0.2) is 0 Å². The Morgan fingerprint density at radius 2 is 1.89 bits per heavy atom. The number of aromatic nitrogens is 2. The molecule has 1 N–H and O–H groups in total. The van der Waals surface area contributed by atoms with Gasteiger partial charge in [0, 0.05) is 18.5 Å². The number of anilines is 1. The van der Waals surface area contributed by atoms with Crippen molar-refractivity contribution in [2.45, 2.75) is 59.3 Å². The monoisotopic (exact) mass is 265 g/mol. The summed E-state index contributed by atoms with van der Waals surface area (Å²) in [4.78, 5) is 8.99. The molecule has 0 aliphatic heterocycles. The Morgan fingerprint density at radius 1 is 1.16 bits per heavy atom. The van der Waals surface area contributed by atoms with Crippen molar-refractivity contribution in [3.05, 3.63) is 11.9 Å². The summed E-state index contributed by atoms with van der Waals surface area (Å²) in [5.74, 6) is 2.71. The summed E-state index contributed by atoms with van der Waals surface area (Å²) < 4.78 is 5.69. The first kappa shape index (κ1) is 15.7. The van der Waals surface area contributed by atoms with Gasteiger partial charge in [0.1, 0.15) is 11.6 Å². The summed E-state index contributed by atoms with van der Waals surface area (Å²) in [6.07, 6.45) is 4.51. The van der Waals surface area contributed by atoms with Crippen LogP contribution in [0.25, 0.3) is 0 Å². The van der Waals surface area contributed by atoms with Crippen LogP contribution in [-0.4, -0.2) is 23.1 Å². The highest BCUT2D eigenvalue weighted by Gasteiger charge is 2.08. The lowest BCUT2D eigenvalue weighted by molar-refractivity contribution is 0.296. The van der Waals surface area contributed by atoms with Crippen LogP contribution in [0.4, 0.5) is 5.82 Å². The zero-order valence-electron chi connectivity index (χ0n) is 12.7. The molecule has 0 bridgehead atoms. The first-order valence-corrected chi connectivity index (χ1v) is 7.43. The number of nitrogens with one attached hydrogen (secondary N) is 1. The molecule has 1 aromatic heterocycles. The largest absolute Gasteiger partial charge is 0.478 e. The highest BCUT2D eigenvalue weighted by Crippen LogP contribution is 2.18. The second kappa shape index (κ2) is 8.73. The van der Waals surface area contributed by atoms with Gasteiger partial charge in [-0.2, -0.15) is 4.98 Å². The van der Waals surface area contributed by atoms with Crippen LogP contribution >= 0.6 is 0 Å².